The van der Waals surface area contributed by atoms with E-state index in [1.165, 1.54) is 0 Å². The van der Waals surface area contributed by atoms with E-state index in [0.717, 1.165) is 24.1 Å². The van der Waals surface area contributed by atoms with Crippen molar-refractivity contribution in [2.24, 2.45) is 0 Å². The Balaban J connectivity index is 1.81. The number of hydrogen-bond donors (Lipinski definition) is 1. The van der Waals surface area contributed by atoms with E-state index < -0.39 is 5.97 Å². The molecule has 0 aromatic heterocycles. The molecule has 1 aromatic rings. The number of fused-ring (bicyclic) bond motifs is 2. The fraction of sp³-hybridized carbons (Fsp3) is 0.526. The van der Waals surface area contributed by atoms with Crippen LogP contribution in [0.2, 0.25) is 0 Å². The molecule has 0 saturated carbocycles. The zero-order valence-electron chi connectivity index (χ0n) is 15.3. The minimum absolute atomic E-state index is 0.0656. The molecule has 1 saturated heterocycles. The normalized spacial score (nSPS) is 24.9. The van der Waals surface area contributed by atoms with Crippen LogP contribution in [0.4, 0.5) is 0 Å². The van der Waals surface area contributed by atoms with E-state index >= 15 is 0 Å². The summed E-state index contributed by atoms with van der Waals surface area (Å²) in [5.41, 5.74) is 2.55. The molecule has 0 bridgehead atoms. The van der Waals surface area contributed by atoms with E-state index in [9.17, 15) is 9.90 Å². The molecule has 3 aliphatic heterocycles. The number of aliphatic hydroxyl groups is 1. The van der Waals surface area contributed by atoms with E-state index in [1.54, 1.807) is 7.11 Å². The number of ether oxygens (including phenoxy) is 4. The Morgan fingerprint density at radius 3 is 2.81 bits per heavy atom. The minimum atomic E-state index is -0.415. The summed E-state index contributed by atoms with van der Waals surface area (Å²) < 4.78 is 22.5. The number of aliphatic hydroxyl groups excluding tert-OH is 1. The van der Waals surface area contributed by atoms with Gasteiger partial charge < -0.3 is 28.5 Å². The van der Waals surface area contributed by atoms with E-state index in [-0.39, 0.29) is 18.6 Å². The third-order valence-electron chi connectivity index (χ3n) is 5.65. The second-order valence-corrected chi connectivity index (χ2v) is 7.50. The Morgan fingerprint density at radius 2 is 2.12 bits per heavy atom. The van der Waals surface area contributed by atoms with Crippen LogP contribution < -0.4 is 14.2 Å². The predicted molar refractivity (Wildman–Crippen MR) is 92.4 cm³/mol. The third kappa shape index (κ3) is 2.58. The zero-order chi connectivity index (χ0) is 18.5. The lowest BCUT2D eigenvalue weighted by atomic mass is 9.86. The van der Waals surface area contributed by atoms with Crippen molar-refractivity contribution in [3.63, 3.8) is 0 Å². The number of rotatable bonds is 3. The Bertz CT molecular complexity index is 798. The molecule has 3 aliphatic rings. The summed E-state index contributed by atoms with van der Waals surface area (Å²) in [6.07, 6.45) is 1.68. The van der Waals surface area contributed by atoms with Crippen LogP contribution in [0.3, 0.4) is 0 Å². The molecule has 1 aromatic carbocycles. The first-order valence-corrected chi connectivity index (χ1v) is 8.82. The number of methoxy groups -OCH3 is 1. The Labute approximate surface area is 152 Å². The van der Waals surface area contributed by atoms with Crippen molar-refractivity contribution >= 4 is 5.97 Å². The Kier molecular flexibility index (Phi) is 3.99. The van der Waals surface area contributed by atoms with Crippen LogP contribution in [0.1, 0.15) is 30.0 Å². The number of carbonyl (C=O) groups is 1. The molecule has 0 amide bonds. The van der Waals surface area contributed by atoms with Gasteiger partial charge in [0.15, 0.2) is 11.5 Å². The maximum absolute atomic E-state index is 11.8. The summed E-state index contributed by atoms with van der Waals surface area (Å²) in [7, 11) is 5.88. The van der Waals surface area contributed by atoms with Gasteiger partial charge in [-0.3, -0.25) is 0 Å². The van der Waals surface area contributed by atoms with Crippen LogP contribution >= 0.6 is 0 Å². The molecule has 0 radical (unpaired) electrons. The van der Waals surface area contributed by atoms with Gasteiger partial charge in [-0.25, -0.2) is 4.79 Å². The van der Waals surface area contributed by atoms with Crippen LogP contribution in [0.5, 0.6) is 17.2 Å². The highest BCUT2D eigenvalue weighted by molar-refractivity contribution is 5.90. The summed E-state index contributed by atoms with van der Waals surface area (Å²) in [6.45, 7) is 1.42. The third-order valence-corrected chi connectivity index (χ3v) is 5.65. The molecular weight excluding hydrogens is 338 g/mol. The van der Waals surface area contributed by atoms with Gasteiger partial charge >= 0.3 is 5.97 Å². The van der Waals surface area contributed by atoms with E-state index in [4.69, 9.17) is 18.9 Å². The molecule has 1 N–H and O–H groups in total. The number of benzene rings is 1. The fourth-order valence-electron chi connectivity index (χ4n) is 4.12. The van der Waals surface area contributed by atoms with E-state index in [0.29, 0.717) is 46.8 Å². The van der Waals surface area contributed by atoms with Crippen molar-refractivity contribution in [3.05, 3.63) is 28.5 Å². The first kappa shape index (κ1) is 17.0. The first-order chi connectivity index (χ1) is 12.4. The molecule has 7 heteroatoms. The van der Waals surface area contributed by atoms with Gasteiger partial charge in [-0.05, 0) is 11.6 Å². The van der Waals surface area contributed by atoms with Gasteiger partial charge in [-0.1, -0.05) is 0 Å². The molecule has 26 heavy (non-hydrogen) atoms. The molecule has 0 aliphatic carbocycles. The lowest BCUT2D eigenvalue weighted by Crippen LogP contribution is -2.48. The predicted octanol–water partition coefficient (Wildman–Crippen LogP) is 2.25. The molecule has 140 valence electrons. The van der Waals surface area contributed by atoms with Crippen molar-refractivity contribution < 1.29 is 33.3 Å². The van der Waals surface area contributed by atoms with E-state index in [1.807, 2.05) is 6.07 Å². The van der Waals surface area contributed by atoms with Crippen LogP contribution in [-0.4, -0.2) is 56.7 Å². The monoisotopic (exact) mass is 362 g/mol. The van der Waals surface area contributed by atoms with Crippen LogP contribution in [-0.2, 0) is 16.0 Å². The largest absolute Gasteiger partial charge is 0.511 e. The lowest BCUT2D eigenvalue weighted by Gasteiger charge is -2.43. The maximum atomic E-state index is 11.8. The van der Waals surface area contributed by atoms with Gasteiger partial charge in [0.1, 0.15) is 11.8 Å². The van der Waals surface area contributed by atoms with Crippen molar-refractivity contribution in [2.45, 2.75) is 25.3 Å². The highest BCUT2D eigenvalue weighted by atomic mass is 16.7. The number of cyclic esters (lactones) is 1. The smallest absolute Gasteiger partial charge is 0.337 e. The molecule has 1 fully saturated rings. The van der Waals surface area contributed by atoms with Gasteiger partial charge in [0, 0.05) is 12.8 Å². The molecule has 4 rings (SSSR count). The number of esters is 1. The highest BCUT2D eigenvalue weighted by Gasteiger charge is 2.42. The van der Waals surface area contributed by atoms with Gasteiger partial charge in [0.25, 0.3) is 0 Å². The summed E-state index contributed by atoms with van der Waals surface area (Å²) in [5, 5.41) is 10.7. The van der Waals surface area contributed by atoms with Crippen molar-refractivity contribution in [1.82, 2.24) is 0 Å². The first-order valence-electron chi connectivity index (χ1n) is 8.82. The topological polar surface area (TPSA) is 74.2 Å². The summed E-state index contributed by atoms with van der Waals surface area (Å²) in [5.74, 6) is 1.68. The molecular formula is C19H24NO6+. The lowest BCUT2D eigenvalue weighted by molar-refractivity contribution is -0.923. The molecule has 3 heterocycles. The second-order valence-electron chi connectivity index (χ2n) is 7.50. The molecule has 0 unspecified atom stereocenters. The van der Waals surface area contributed by atoms with E-state index in [2.05, 4.69) is 14.1 Å². The Morgan fingerprint density at radius 1 is 1.31 bits per heavy atom. The number of nitrogens with zero attached hydrogens (tertiary/aromatic N) is 1. The minimum Gasteiger partial charge on any atom is -0.511 e. The number of likely N-dealkylation sites (N-methyl/N-ethyl adjacent to an activating group) is 1. The molecule has 1 atom stereocenters. The molecule has 7 nitrogen and oxygen atoms in total. The highest BCUT2D eigenvalue weighted by Crippen LogP contribution is 2.51. The van der Waals surface area contributed by atoms with Gasteiger partial charge in [0.2, 0.25) is 12.5 Å². The average molecular weight is 362 g/mol. The summed E-state index contributed by atoms with van der Waals surface area (Å²) >= 11 is 0. The van der Waals surface area contributed by atoms with Crippen LogP contribution in [0.25, 0.3) is 0 Å². The second kappa shape index (κ2) is 6.09. The van der Waals surface area contributed by atoms with Crippen LogP contribution in [0, 0.1) is 0 Å². The standard InChI is InChI=1S/C19H23NO6/c1-20(2)6-4-11-8-15-17(26-10-25-15)18(23-3)16(11)13(20)9-14(21)12-5-7-24-19(12)22/h8,13H,4-7,9-10H2,1-3H3/p+1/t13-/m1/s1. The number of hydrogen-bond acceptors (Lipinski definition) is 6. The molecule has 0 spiro atoms. The maximum Gasteiger partial charge on any atom is 0.337 e. The number of quaternary nitrogens is 1. The van der Waals surface area contributed by atoms with Crippen molar-refractivity contribution in [3.8, 4) is 17.2 Å². The van der Waals surface area contributed by atoms with Crippen molar-refractivity contribution in [2.75, 3.05) is 41.1 Å². The summed E-state index contributed by atoms with van der Waals surface area (Å²) in [4.78, 5) is 11.8. The van der Waals surface area contributed by atoms with Gasteiger partial charge in [0.05, 0.1) is 51.9 Å². The quantitative estimate of drug-likeness (QED) is 0.385. The van der Waals surface area contributed by atoms with Crippen LogP contribution in [0.15, 0.2) is 17.4 Å². The van der Waals surface area contributed by atoms with Gasteiger partial charge in [-0.15, -0.1) is 0 Å². The summed E-state index contributed by atoms with van der Waals surface area (Å²) in [6, 6.07) is 1.95. The number of carbonyl (C=O) groups excluding carboxylic acids is 1. The zero-order valence-corrected chi connectivity index (χ0v) is 15.3. The average Bonchev–Trinajstić information content (AvgIpc) is 3.24. The Hall–Kier alpha value is -2.41. The fourth-order valence-corrected chi connectivity index (χ4v) is 4.12. The van der Waals surface area contributed by atoms with Crippen molar-refractivity contribution in [1.29, 1.82) is 0 Å². The SMILES string of the molecule is COc1c2c(cc3c1[C@@H](C/C(O)=C1\CCOC1=O)[N+](C)(C)CC3)OCO2. The van der Waals surface area contributed by atoms with Gasteiger partial charge in [-0.2, -0.15) is 0 Å².